The fourth-order valence-electron chi connectivity index (χ4n) is 2.52. The van der Waals surface area contributed by atoms with Gasteiger partial charge in [0.1, 0.15) is 0 Å². The van der Waals surface area contributed by atoms with E-state index >= 15 is 0 Å². The van der Waals surface area contributed by atoms with Crippen LogP contribution in [0, 0.1) is 5.92 Å². The quantitative estimate of drug-likeness (QED) is 0.266. The lowest BCUT2D eigenvalue weighted by Gasteiger charge is -2.20. The number of nitrogens with zero attached hydrogens (tertiary/aromatic N) is 1. The van der Waals surface area contributed by atoms with Crippen molar-refractivity contribution < 1.29 is 20.1 Å². The Hall–Kier alpha value is -0.200. The van der Waals surface area contributed by atoms with Crippen LogP contribution in [0.25, 0.3) is 0 Å². The summed E-state index contributed by atoms with van der Waals surface area (Å²) in [6.07, 6.45) is 9.33. The van der Waals surface area contributed by atoms with E-state index in [4.69, 9.17) is 14.9 Å². The predicted molar refractivity (Wildman–Crippen MR) is 110 cm³/mol. The van der Waals surface area contributed by atoms with Gasteiger partial charge in [-0.1, -0.05) is 53.4 Å². The molecule has 0 spiro atoms. The molecule has 0 bridgehead atoms. The van der Waals surface area contributed by atoms with Crippen molar-refractivity contribution in [3.05, 3.63) is 0 Å². The number of rotatable bonds is 17. The molecule has 0 aliphatic rings. The molecule has 0 rings (SSSR count). The van der Waals surface area contributed by atoms with Gasteiger partial charge >= 0.3 is 0 Å². The first-order chi connectivity index (χ1) is 12.6. The number of aliphatic hydroxyl groups is 3. The summed E-state index contributed by atoms with van der Waals surface area (Å²) in [5.41, 5.74) is 0. The predicted octanol–water partition coefficient (Wildman–Crippen LogP) is 3.80. The van der Waals surface area contributed by atoms with E-state index in [1.807, 2.05) is 6.92 Å². The van der Waals surface area contributed by atoms with E-state index in [0.29, 0.717) is 13.2 Å². The summed E-state index contributed by atoms with van der Waals surface area (Å²) in [7, 11) is 0. The molecule has 5 heteroatoms. The van der Waals surface area contributed by atoms with E-state index in [9.17, 15) is 5.11 Å². The molecule has 0 aromatic rings. The molecular weight excluding hydrogens is 330 g/mol. The highest BCUT2D eigenvalue weighted by atomic mass is 16.6. The van der Waals surface area contributed by atoms with Gasteiger partial charge in [-0.15, -0.1) is 0 Å². The van der Waals surface area contributed by atoms with Gasteiger partial charge in [0, 0.05) is 25.7 Å². The maximum Gasteiger partial charge on any atom is 0.157 e. The SMILES string of the molecule is CCCCCO.CCCN(CCO)CCCCCCOC(O)C(C)CC. The van der Waals surface area contributed by atoms with Gasteiger partial charge in [0.25, 0.3) is 0 Å². The number of hydrogen-bond acceptors (Lipinski definition) is 5. The van der Waals surface area contributed by atoms with Crippen LogP contribution in [0.1, 0.15) is 85.5 Å². The summed E-state index contributed by atoms with van der Waals surface area (Å²) < 4.78 is 5.41. The molecule has 0 fully saturated rings. The van der Waals surface area contributed by atoms with Crippen LogP contribution in [-0.2, 0) is 4.74 Å². The largest absolute Gasteiger partial charge is 0.396 e. The van der Waals surface area contributed by atoms with Crippen LogP contribution in [0.3, 0.4) is 0 Å². The van der Waals surface area contributed by atoms with Crippen molar-refractivity contribution in [1.82, 2.24) is 4.90 Å². The molecule has 160 valence electrons. The minimum atomic E-state index is -0.607. The van der Waals surface area contributed by atoms with Crippen molar-refractivity contribution in [1.29, 1.82) is 0 Å². The van der Waals surface area contributed by atoms with E-state index in [1.54, 1.807) is 0 Å². The molecular formula is C21H47NO4. The van der Waals surface area contributed by atoms with Crippen molar-refractivity contribution in [2.45, 2.75) is 91.8 Å². The molecule has 0 aromatic heterocycles. The van der Waals surface area contributed by atoms with Crippen molar-refractivity contribution in [2.24, 2.45) is 5.92 Å². The third kappa shape index (κ3) is 20.1. The molecule has 0 amide bonds. The van der Waals surface area contributed by atoms with Crippen LogP contribution >= 0.6 is 0 Å². The van der Waals surface area contributed by atoms with Crippen molar-refractivity contribution in [3.63, 3.8) is 0 Å². The molecule has 0 radical (unpaired) electrons. The van der Waals surface area contributed by atoms with Crippen molar-refractivity contribution in [3.8, 4) is 0 Å². The second-order valence-corrected chi connectivity index (χ2v) is 7.06. The second kappa shape index (κ2) is 22.8. The highest BCUT2D eigenvalue weighted by molar-refractivity contribution is 4.57. The van der Waals surface area contributed by atoms with Crippen LogP contribution < -0.4 is 0 Å². The highest BCUT2D eigenvalue weighted by Crippen LogP contribution is 2.10. The lowest BCUT2D eigenvalue weighted by molar-refractivity contribution is -0.131. The first-order valence-electron chi connectivity index (χ1n) is 10.8. The summed E-state index contributed by atoms with van der Waals surface area (Å²) >= 11 is 0. The van der Waals surface area contributed by atoms with E-state index in [0.717, 1.165) is 58.2 Å². The van der Waals surface area contributed by atoms with Gasteiger partial charge in [0.05, 0.1) is 6.61 Å². The topological polar surface area (TPSA) is 73.2 Å². The third-order valence-electron chi connectivity index (χ3n) is 4.51. The molecule has 0 heterocycles. The Morgan fingerprint density at radius 1 is 0.769 bits per heavy atom. The molecule has 2 atom stereocenters. The summed E-state index contributed by atoms with van der Waals surface area (Å²) in [5, 5.41) is 26.8. The standard InChI is InChI=1S/C16H35NO3.C5H12O/c1-4-10-17(12-13-18)11-8-6-7-9-14-20-16(19)15(3)5-2;1-2-3-4-5-6/h15-16,18-19H,4-14H2,1-3H3;6H,2-5H2,1H3. The van der Waals surface area contributed by atoms with E-state index in [1.165, 1.54) is 19.3 Å². The van der Waals surface area contributed by atoms with Crippen LogP contribution in [0.4, 0.5) is 0 Å². The van der Waals surface area contributed by atoms with E-state index < -0.39 is 6.29 Å². The molecule has 0 aliphatic heterocycles. The van der Waals surface area contributed by atoms with Gasteiger partial charge in [-0.25, -0.2) is 0 Å². The molecule has 3 N–H and O–H groups in total. The summed E-state index contributed by atoms with van der Waals surface area (Å²) in [6.45, 7) is 12.6. The zero-order valence-corrected chi connectivity index (χ0v) is 18.0. The summed E-state index contributed by atoms with van der Waals surface area (Å²) in [6, 6.07) is 0. The van der Waals surface area contributed by atoms with Gasteiger partial charge in [0.2, 0.25) is 0 Å². The first-order valence-corrected chi connectivity index (χ1v) is 10.8. The number of aliphatic hydroxyl groups excluding tert-OH is 3. The lowest BCUT2D eigenvalue weighted by Crippen LogP contribution is -2.28. The van der Waals surface area contributed by atoms with Crippen LogP contribution in [0.15, 0.2) is 0 Å². The minimum Gasteiger partial charge on any atom is -0.396 e. The van der Waals surface area contributed by atoms with Crippen LogP contribution in [0.5, 0.6) is 0 Å². The highest BCUT2D eigenvalue weighted by Gasteiger charge is 2.11. The van der Waals surface area contributed by atoms with Crippen LogP contribution in [-0.4, -0.2) is 66.0 Å². The monoisotopic (exact) mass is 377 g/mol. The second-order valence-electron chi connectivity index (χ2n) is 7.06. The zero-order chi connectivity index (χ0) is 20.0. The molecule has 26 heavy (non-hydrogen) atoms. The minimum absolute atomic E-state index is 0.219. The number of ether oxygens (including phenoxy) is 1. The van der Waals surface area contributed by atoms with Gasteiger partial charge < -0.3 is 25.0 Å². The summed E-state index contributed by atoms with van der Waals surface area (Å²) in [4.78, 5) is 2.32. The van der Waals surface area contributed by atoms with E-state index in [-0.39, 0.29) is 12.5 Å². The fraction of sp³-hybridized carbons (Fsp3) is 1.00. The maximum atomic E-state index is 9.66. The zero-order valence-electron chi connectivity index (χ0n) is 18.0. The summed E-state index contributed by atoms with van der Waals surface area (Å²) in [5.74, 6) is 0.219. The van der Waals surface area contributed by atoms with Gasteiger partial charge in [0.15, 0.2) is 6.29 Å². The third-order valence-corrected chi connectivity index (χ3v) is 4.51. The van der Waals surface area contributed by atoms with Crippen molar-refractivity contribution >= 4 is 0 Å². The van der Waals surface area contributed by atoms with Crippen LogP contribution in [0.2, 0.25) is 0 Å². The van der Waals surface area contributed by atoms with Gasteiger partial charge in [-0.05, 0) is 45.2 Å². The average molecular weight is 378 g/mol. The van der Waals surface area contributed by atoms with Crippen molar-refractivity contribution in [2.75, 3.05) is 39.5 Å². The van der Waals surface area contributed by atoms with Gasteiger partial charge in [-0.3, -0.25) is 0 Å². The average Bonchev–Trinajstić information content (AvgIpc) is 2.65. The molecule has 0 saturated carbocycles. The Bertz CT molecular complexity index is 244. The number of unbranched alkanes of at least 4 members (excludes halogenated alkanes) is 5. The normalized spacial score (nSPS) is 13.4. The Labute approximate surface area is 162 Å². The van der Waals surface area contributed by atoms with Gasteiger partial charge in [-0.2, -0.15) is 0 Å². The Morgan fingerprint density at radius 3 is 1.96 bits per heavy atom. The fourth-order valence-corrected chi connectivity index (χ4v) is 2.52. The molecule has 5 nitrogen and oxygen atoms in total. The lowest BCUT2D eigenvalue weighted by atomic mass is 10.1. The Balaban J connectivity index is 0. The first kappa shape index (κ1) is 28.0. The van der Waals surface area contributed by atoms with E-state index in [2.05, 4.69) is 25.7 Å². The number of hydrogen-bond donors (Lipinski definition) is 3. The molecule has 2 unspecified atom stereocenters. The molecule has 0 aliphatic carbocycles. The maximum absolute atomic E-state index is 9.66. The Morgan fingerprint density at radius 2 is 1.46 bits per heavy atom. The molecule has 0 saturated heterocycles. The Kier molecular flexibility index (Phi) is 24.6. The molecule has 0 aromatic carbocycles. The smallest absolute Gasteiger partial charge is 0.157 e.